The molecule has 8 nitrogen and oxygen atoms in total. The maximum Gasteiger partial charge on any atom is 0.343 e. The lowest BCUT2D eigenvalue weighted by atomic mass is 10.0. The van der Waals surface area contributed by atoms with Crippen molar-refractivity contribution in [3.8, 4) is 11.5 Å². The number of carbonyl (C=O) groups is 4. The van der Waals surface area contributed by atoms with Crippen molar-refractivity contribution in [2.75, 3.05) is 0 Å². The smallest absolute Gasteiger partial charge is 0.343 e. The van der Waals surface area contributed by atoms with Gasteiger partial charge in [-0.05, 0) is 94.3 Å². The third kappa shape index (κ3) is 5.05. The molecule has 0 saturated carbocycles. The second-order valence-corrected chi connectivity index (χ2v) is 8.41. The van der Waals surface area contributed by atoms with Crippen LogP contribution in [0.25, 0.3) is 21.5 Å². The monoisotopic (exact) mass is 506 g/mol. The number of carboxylic acids is 2. The molecule has 186 valence electrons. The number of fused-ring (bicyclic) bond motifs is 2. The van der Waals surface area contributed by atoms with Crippen LogP contribution in [0.15, 0.2) is 97.1 Å². The van der Waals surface area contributed by atoms with E-state index in [1.807, 2.05) is 0 Å². The zero-order valence-electron chi connectivity index (χ0n) is 19.6. The lowest BCUT2D eigenvalue weighted by Gasteiger charge is -2.09. The van der Waals surface area contributed by atoms with Gasteiger partial charge in [0.05, 0.1) is 22.3 Å². The van der Waals surface area contributed by atoms with Crippen LogP contribution in [0.4, 0.5) is 0 Å². The van der Waals surface area contributed by atoms with E-state index in [1.165, 1.54) is 36.4 Å². The first kappa shape index (κ1) is 24.2. The summed E-state index contributed by atoms with van der Waals surface area (Å²) in [6, 6.07) is 25.0. The zero-order valence-corrected chi connectivity index (χ0v) is 19.6. The van der Waals surface area contributed by atoms with Crippen LogP contribution in [-0.2, 0) is 0 Å². The van der Waals surface area contributed by atoms with E-state index in [2.05, 4.69) is 0 Å². The van der Waals surface area contributed by atoms with E-state index in [1.54, 1.807) is 60.7 Å². The van der Waals surface area contributed by atoms with E-state index < -0.39 is 23.9 Å². The molecule has 0 aliphatic carbocycles. The first-order valence-electron chi connectivity index (χ1n) is 11.4. The number of carbonyl (C=O) groups excluding carboxylic acids is 2. The fourth-order valence-electron chi connectivity index (χ4n) is 3.92. The molecular weight excluding hydrogens is 488 g/mol. The number of rotatable bonds is 6. The van der Waals surface area contributed by atoms with E-state index in [0.717, 1.165) is 10.8 Å². The van der Waals surface area contributed by atoms with Crippen LogP contribution >= 0.6 is 0 Å². The van der Waals surface area contributed by atoms with Crippen LogP contribution in [0.3, 0.4) is 0 Å². The van der Waals surface area contributed by atoms with Gasteiger partial charge in [0.25, 0.3) is 0 Å². The van der Waals surface area contributed by atoms with Crippen molar-refractivity contribution in [2.45, 2.75) is 0 Å². The minimum atomic E-state index is -1.07. The van der Waals surface area contributed by atoms with Gasteiger partial charge in [0.1, 0.15) is 11.5 Å². The van der Waals surface area contributed by atoms with Crippen LogP contribution in [0.5, 0.6) is 11.5 Å². The predicted octanol–water partition coefficient (Wildman–Crippen LogP) is 5.83. The summed E-state index contributed by atoms with van der Waals surface area (Å²) < 4.78 is 10.9. The van der Waals surface area contributed by atoms with Gasteiger partial charge in [-0.3, -0.25) is 0 Å². The van der Waals surface area contributed by atoms with Gasteiger partial charge in [-0.1, -0.05) is 24.3 Å². The van der Waals surface area contributed by atoms with E-state index >= 15 is 0 Å². The molecule has 8 heteroatoms. The first-order valence-corrected chi connectivity index (χ1v) is 11.4. The van der Waals surface area contributed by atoms with Crippen LogP contribution < -0.4 is 9.47 Å². The molecule has 0 saturated heterocycles. The Kier molecular flexibility index (Phi) is 6.28. The maximum atomic E-state index is 12.7. The summed E-state index contributed by atoms with van der Waals surface area (Å²) >= 11 is 0. The largest absolute Gasteiger partial charge is 0.478 e. The van der Waals surface area contributed by atoms with Gasteiger partial charge in [0.15, 0.2) is 0 Å². The van der Waals surface area contributed by atoms with Crippen molar-refractivity contribution in [1.82, 2.24) is 0 Å². The molecule has 0 heterocycles. The zero-order chi connectivity index (χ0) is 26.8. The highest BCUT2D eigenvalue weighted by molar-refractivity contribution is 6.00. The number of benzene rings is 5. The Morgan fingerprint density at radius 1 is 0.421 bits per heavy atom. The Morgan fingerprint density at radius 3 is 1.32 bits per heavy atom. The average molecular weight is 506 g/mol. The number of carboxylic acid groups (broad SMARTS) is 2. The first-order chi connectivity index (χ1) is 18.3. The van der Waals surface area contributed by atoms with Crippen molar-refractivity contribution in [3.05, 3.63) is 119 Å². The van der Waals surface area contributed by atoms with Gasteiger partial charge in [0, 0.05) is 0 Å². The number of aromatic carboxylic acids is 2. The Morgan fingerprint density at radius 2 is 0.789 bits per heavy atom. The van der Waals surface area contributed by atoms with Gasteiger partial charge in [-0.25, -0.2) is 19.2 Å². The Balaban J connectivity index is 1.30. The normalized spacial score (nSPS) is 10.7. The molecular formula is C30H18O8. The van der Waals surface area contributed by atoms with Gasteiger partial charge in [0.2, 0.25) is 0 Å². The Hall–Kier alpha value is -5.50. The summed E-state index contributed by atoms with van der Waals surface area (Å²) in [5.74, 6) is -2.73. The molecule has 5 aromatic rings. The van der Waals surface area contributed by atoms with Crippen LogP contribution in [0.1, 0.15) is 41.4 Å². The van der Waals surface area contributed by atoms with Gasteiger partial charge >= 0.3 is 23.9 Å². The molecule has 0 atom stereocenters. The second-order valence-electron chi connectivity index (χ2n) is 8.41. The van der Waals surface area contributed by atoms with Crippen molar-refractivity contribution in [3.63, 3.8) is 0 Å². The SMILES string of the molecule is O=C(O)c1ccc(OC(=O)c2ccc3cc(OC(=O)c4ccc5cc(C(=O)O)ccc5c4)ccc3c2)cc1. The minimum absolute atomic E-state index is 0.0851. The molecule has 0 radical (unpaired) electrons. The minimum Gasteiger partial charge on any atom is -0.478 e. The summed E-state index contributed by atoms with van der Waals surface area (Å²) in [5.41, 5.74) is 0.860. The molecule has 0 unspecified atom stereocenters. The van der Waals surface area contributed by atoms with Crippen molar-refractivity contribution in [2.24, 2.45) is 0 Å². The third-order valence-electron chi connectivity index (χ3n) is 5.89. The van der Waals surface area contributed by atoms with Crippen LogP contribution in [0, 0.1) is 0 Å². The number of hydrogen-bond donors (Lipinski definition) is 2. The van der Waals surface area contributed by atoms with Crippen molar-refractivity contribution >= 4 is 45.4 Å². The summed E-state index contributed by atoms with van der Waals surface area (Å²) in [4.78, 5) is 47.4. The molecule has 0 fully saturated rings. The highest BCUT2D eigenvalue weighted by Crippen LogP contribution is 2.25. The topological polar surface area (TPSA) is 127 Å². The second kappa shape index (κ2) is 9.87. The summed E-state index contributed by atoms with van der Waals surface area (Å²) in [6.45, 7) is 0. The summed E-state index contributed by atoms with van der Waals surface area (Å²) in [6.07, 6.45) is 0. The van der Waals surface area contributed by atoms with Crippen molar-refractivity contribution in [1.29, 1.82) is 0 Å². The fraction of sp³-hybridized carbons (Fsp3) is 0. The Labute approximate surface area is 215 Å². The molecule has 5 rings (SSSR count). The predicted molar refractivity (Wildman–Crippen MR) is 138 cm³/mol. The van der Waals surface area contributed by atoms with E-state index in [0.29, 0.717) is 27.6 Å². The maximum absolute atomic E-state index is 12.7. The lowest BCUT2D eigenvalue weighted by Crippen LogP contribution is -2.09. The Bertz CT molecular complexity index is 1750. The summed E-state index contributed by atoms with van der Waals surface area (Å²) in [7, 11) is 0. The third-order valence-corrected chi connectivity index (χ3v) is 5.89. The van der Waals surface area contributed by atoms with Gasteiger partial charge in [-0.2, -0.15) is 0 Å². The molecule has 0 bridgehead atoms. The molecule has 5 aromatic carbocycles. The highest BCUT2D eigenvalue weighted by Gasteiger charge is 2.13. The van der Waals surface area contributed by atoms with Gasteiger partial charge < -0.3 is 19.7 Å². The van der Waals surface area contributed by atoms with E-state index in [9.17, 15) is 19.2 Å². The lowest BCUT2D eigenvalue weighted by molar-refractivity contribution is 0.0686. The van der Waals surface area contributed by atoms with Crippen molar-refractivity contribution < 1.29 is 38.9 Å². The van der Waals surface area contributed by atoms with E-state index in [4.69, 9.17) is 19.7 Å². The highest BCUT2D eigenvalue weighted by atomic mass is 16.5. The van der Waals surface area contributed by atoms with E-state index in [-0.39, 0.29) is 16.9 Å². The van der Waals surface area contributed by atoms with Gasteiger partial charge in [-0.15, -0.1) is 0 Å². The molecule has 0 amide bonds. The molecule has 38 heavy (non-hydrogen) atoms. The number of esters is 2. The molecule has 0 aliphatic heterocycles. The standard InChI is InChI=1S/C30H18O8/c31-27(32)17-7-10-25(11-8-17)37-29(35)23-6-3-21-16-26(12-9-20(21)15-23)38-30(36)24-5-2-18-13-22(28(33)34)4-1-19(18)14-24/h1-16H,(H,31,32)(H,33,34). The molecule has 2 N–H and O–H groups in total. The van der Waals surface area contributed by atoms with Crippen LogP contribution in [0.2, 0.25) is 0 Å². The quantitative estimate of drug-likeness (QED) is 0.218. The average Bonchev–Trinajstić information content (AvgIpc) is 2.92. The molecule has 0 aliphatic rings. The molecule has 0 aromatic heterocycles. The molecule has 0 spiro atoms. The number of ether oxygens (including phenoxy) is 2. The fourth-order valence-corrected chi connectivity index (χ4v) is 3.92. The van der Waals surface area contributed by atoms with Crippen LogP contribution in [-0.4, -0.2) is 34.1 Å². The summed E-state index contributed by atoms with van der Waals surface area (Å²) in [5, 5.41) is 21.0. The number of hydrogen-bond acceptors (Lipinski definition) is 6.